The van der Waals surface area contributed by atoms with Crippen LogP contribution in [-0.2, 0) is 13.2 Å². The molecule has 0 atom stereocenters. The molecule has 34 heavy (non-hydrogen) atoms. The molecule has 0 bridgehead atoms. The van der Waals surface area contributed by atoms with Crippen LogP contribution >= 0.6 is 27.5 Å². The third-order valence-electron chi connectivity index (χ3n) is 5.85. The molecule has 0 saturated carbocycles. The summed E-state index contributed by atoms with van der Waals surface area (Å²) < 4.78 is 25.9. The number of hydrogen-bond donors (Lipinski definition) is 1. The van der Waals surface area contributed by atoms with Crippen LogP contribution in [0.2, 0.25) is 5.02 Å². The molecule has 0 aromatic heterocycles. The van der Waals surface area contributed by atoms with Crippen LogP contribution in [-0.4, -0.2) is 19.7 Å². The number of anilines is 2. The Labute approximate surface area is 214 Å². The predicted octanol–water partition coefficient (Wildman–Crippen LogP) is 7.82. The third-order valence-corrected chi connectivity index (χ3v) is 6.89. The summed E-state index contributed by atoms with van der Waals surface area (Å²) >= 11 is 10.3. The van der Waals surface area contributed by atoms with Crippen molar-refractivity contribution >= 4 is 38.9 Å². The minimum absolute atomic E-state index is 0.263. The van der Waals surface area contributed by atoms with Crippen molar-refractivity contribution in [3.8, 4) is 11.5 Å². The van der Waals surface area contributed by atoms with Crippen molar-refractivity contribution in [3.05, 3.63) is 81.0 Å². The number of ether oxygens (including phenoxy) is 2. The van der Waals surface area contributed by atoms with E-state index in [9.17, 15) is 4.39 Å². The fraction of sp³-hybridized carbons (Fsp3) is 0.333. The van der Waals surface area contributed by atoms with Crippen LogP contribution in [0.1, 0.15) is 37.3 Å². The Balaban J connectivity index is 1.43. The highest BCUT2D eigenvalue weighted by molar-refractivity contribution is 9.10. The molecule has 1 N–H and O–H groups in total. The highest BCUT2D eigenvalue weighted by atomic mass is 79.9. The Morgan fingerprint density at radius 1 is 0.971 bits per heavy atom. The Bertz CT molecular complexity index is 1100. The van der Waals surface area contributed by atoms with Crippen LogP contribution in [0.3, 0.4) is 0 Å². The van der Waals surface area contributed by atoms with Gasteiger partial charge in [0.25, 0.3) is 0 Å². The van der Waals surface area contributed by atoms with E-state index in [0.29, 0.717) is 31.3 Å². The lowest BCUT2D eigenvalue weighted by Gasteiger charge is -2.29. The molecule has 0 amide bonds. The average Bonchev–Trinajstić information content (AvgIpc) is 2.85. The van der Waals surface area contributed by atoms with E-state index >= 15 is 0 Å². The first-order valence-corrected chi connectivity index (χ1v) is 12.8. The summed E-state index contributed by atoms with van der Waals surface area (Å²) in [6, 6.07) is 16.3. The molecule has 0 unspecified atom stereocenters. The molecule has 1 heterocycles. The van der Waals surface area contributed by atoms with Crippen LogP contribution in [0, 0.1) is 5.82 Å². The summed E-state index contributed by atoms with van der Waals surface area (Å²) in [5.74, 6) is 1.04. The van der Waals surface area contributed by atoms with Gasteiger partial charge in [-0.3, -0.25) is 0 Å². The molecule has 0 radical (unpaired) electrons. The maximum absolute atomic E-state index is 13.2. The first-order valence-electron chi connectivity index (χ1n) is 11.6. The fourth-order valence-corrected chi connectivity index (χ4v) is 4.80. The number of nitrogens with zero attached hydrogens (tertiary/aromatic N) is 1. The molecule has 7 heteroatoms. The quantitative estimate of drug-likeness (QED) is 0.296. The zero-order valence-electron chi connectivity index (χ0n) is 19.3. The molecule has 1 aliphatic heterocycles. The number of nitrogens with one attached hydrogen (secondary N) is 1. The normalized spacial score (nSPS) is 13.6. The van der Waals surface area contributed by atoms with E-state index in [1.165, 1.54) is 31.4 Å². The molecular weight excluding hydrogens is 519 g/mol. The van der Waals surface area contributed by atoms with E-state index in [0.717, 1.165) is 45.1 Å². The zero-order chi connectivity index (χ0) is 23.9. The van der Waals surface area contributed by atoms with Crippen LogP contribution in [0.15, 0.2) is 59.1 Å². The number of benzene rings is 3. The van der Waals surface area contributed by atoms with Gasteiger partial charge in [-0.1, -0.05) is 39.7 Å². The maximum atomic E-state index is 13.2. The lowest BCUT2D eigenvalue weighted by molar-refractivity contribution is 0.269. The van der Waals surface area contributed by atoms with Crippen LogP contribution in [0.25, 0.3) is 0 Å². The van der Waals surface area contributed by atoms with Crippen molar-refractivity contribution < 1.29 is 13.9 Å². The first-order chi connectivity index (χ1) is 16.5. The minimum atomic E-state index is -0.263. The van der Waals surface area contributed by atoms with Gasteiger partial charge in [0.05, 0.1) is 17.3 Å². The van der Waals surface area contributed by atoms with Crippen LogP contribution in [0.4, 0.5) is 15.8 Å². The Kier molecular flexibility index (Phi) is 8.57. The van der Waals surface area contributed by atoms with Gasteiger partial charge in [-0.15, -0.1) is 0 Å². The van der Waals surface area contributed by atoms with Gasteiger partial charge in [0.15, 0.2) is 11.5 Å². The van der Waals surface area contributed by atoms with Gasteiger partial charge in [-0.2, -0.15) is 0 Å². The van der Waals surface area contributed by atoms with Crippen LogP contribution < -0.4 is 19.7 Å². The molecule has 4 rings (SSSR count). The van der Waals surface area contributed by atoms with Crippen molar-refractivity contribution in [2.45, 2.75) is 39.3 Å². The minimum Gasteiger partial charge on any atom is -0.490 e. The van der Waals surface area contributed by atoms with Gasteiger partial charge >= 0.3 is 0 Å². The fourth-order valence-electron chi connectivity index (χ4n) is 4.04. The molecule has 0 spiro atoms. The molecule has 0 aliphatic carbocycles. The zero-order valence-corrected chi connectivity index (χ0v) is 21.6. The third kappa shape index (κ3) is 6.36. The smallest absolute Gasteiger partial charge is 0.162 e. The van der Waals surface area contributed by atoms with E-state index in [2.05, 4.69) is 38.3 Å². The summed E-state index contributed by atoms with van der Waals surface area (Å²) in [5, 5.41) is 4.23. The molecule has 1 saturated heterocycles. The standard InChI is InChI=1S/C27H29BrClFN2O2/c1-2-33-26-14-20(23(28)16-27(26)34-18-19-6-8-21(30)9-7-19)17-31-22-10-11-25(24(29)15-22)32-12-4-3-5-13-32/h6-11,14-16,31H,2-5,12-13,17-18H2,1H3. The van der Waals surface area contributed by atoms with Gasteiger partial charge < -0.3 is 19.7 Å². The van der Waals surface area contributed by atoms with Gasteiger partial charge in [0.2, 0.25) is 0 Å². The predicted molar refractivity (Wildman–Crippen MR) is 141 cm³/mol. The summed E-state index contributed by atoms with van der Waals surface area (Å²) in [6.45, 7) is 5.51. The molecule has 180 valence electrons. The molecule has 1 fully saturated rings. The average molecular weight is 548 g/mol. The summed E-state index contributed by atoms with van der Waals surface area (Å²) in [5.41, 5.74) is 3.99. The lowest BCUT2D eigenvalue weighted by Crippen LogP contribution is -2.29. The van der Waals surface area contributed by atoms with Crippen LogP contribution in [0.5, 0.6) is 11.5 Å². The first kappa shape index (κ1) is 24.7. The van der Waals surface area contributed by atoms with E-state index in [1.807, 2.05) is 25.1 Å². The van der Waals surface area contributed by atoms with Gasteiger partial charge in [0, 0.05) is 29.8 Å². The maximum Gasteiger partial charge on any atom is 0.162 e. The Hall–Kier alpha value is -2.44. The topological polar surface area (TPSA) is 33.7 Å². The molecular formula is C27H29BrClFN2O2. The number of rotatable bonds is 9. The number of piperidine rings is 1. The largest absolute Gasteiger partial charge is 0.490 e. The molecule has 3 aromatic carbocycles. The van der Waals surface area contributed by atoms with Crippen molar-refractivity contribution in [3.63, 3.8) is 0 Å². The highest BCUT2D eigenvalue weighted by Crippen LogP contribution is 2.35. The van der Waals surface area contributed by atoms with Gasteiger partial charge in [0.1, 0.15) is 12.4 Å². The molecule has 1 aliphatic rings. The van der Waals surface area contributed by atoms with E-state index in [-0.39, 0.29) is 5.82 Å². The van der Waals surface area contributed by atoms with Crippen molar-refractivity contribution in [2.75, 3.05) is 29.9 Å². The van der Waals surface area contributed by atoms with Gasteiger partial charge in [-0.05, 0) is 79.8 Å². The Morgan fingerprint density at radius 2 is 1.71 bits per heavy atom. The van der Waals surface area contributed by atoms with E-state index < -0.39 is 0 Å². The van der Waals surface area contributed by atoms with E-state index in [1.54, 1.807) is 12.1 Å². The van der Waals surface area contributed by atoms with Gasteiger partial charge in [-0.25, -0.2) is 4.39 Å². The second-order valence-corrected chi connectivity index (χ2v) is 9.57. The molecule has 4 nitrogen and oxygen atoms in total. The lowest BCUT2D eigenvalue weighted by atomic mass is 10.1. The van der Waals surface area contributed by atoms with Crippen molar-refractivity contribution in [1.82, 2.24) is 0 Å². The van der Waals surface area contributed by atoms with Crippen molar-refractivity contribution in [2.24, 2.45) is 0 Å². The summed E-state index contributed by atoms with van der Waals surface area (Å²) in [7, 11) is 0. The van der Waals surface area contributed by atoms with Crippen molar-refractivity contribution in [1.29, 1.82) is 0 Å². The summed E-state index contributed by atoms with van der Waals surface area (Å²) in [4.78, 5) is 2.37. The second-order valence-electron chi connectivity index (χ2n) is 8.31. The highest BCUT2D eigenvalue weighted by Gasteiger charge is 2.15. The summed E-state index contributed by atoms with van der Waals surface area (Å²) in [6.07, 6.45) is 3.73. The number of hydrogen-bond acceptors (Lipinski definition) is 4. The second kappa shape index (κ2) is 11.8. The number of halogens is 3. The Morgan fingerprint density at radius 3 is 2.41 bits per heavy atom. The van der Waals surface area contributed by atoms with E-state index in [4.69, 9.17) is 21.1 Å². The molecule has 3 aromatic rings. The monoisotopic (exact) mass is 546 g/mol. The SMILES string of the molecule is CCOc1cc(CNc2ccc(N3CCCCC3)c(Cl)c2)c(Br)cc1OCc1ccc(F)cc1.